The second-order valence-electron chi connectivity index (χ2n) is 2.75. The number of rotatable bonds is 2. The summed E-state index contributed by atoms with van der Waals surface area (Å²) in [5, 5.41) is 27.1. The predicted molar refractivity (Wildman–Crippen MR) is 39.8 cm³/mol. The van der Waals surface area contributed by atoms with Crippen LogP contribution in [0.3, 0.4) is 0 Å². The van der Waals surface area contributed by atoms with Crippen molar-refractivity contribution in [1.29, 1.82) is 0 Å². The molecule has 6 heteroatoms. The molecule has 13 heavy (non-hydrogen) atoms. The Morgan fingerprint density at radius 2 is 2.08 bits per heavy atom. The fraction of sp³-hybridized carbons (Fsp3) is 0.857. The van der Waals surface area contributed by atoms with Crippen LogP contribution in [0, 0.1) is 0 Å². The highest BCUT2D eigenvalue weighted by molar-refractivity contribution is 5.88. The highest BCUT2D eigenvalue weighted by atomic mass is 16.7. The second-order valence-corrected chi connectivity index (χ2v) is 2.75. The molecule has 0 aromatic rings. The molecule has 3 N–H and O–H groups in total. The minimum atomic E-state index is -1.50. The van der Waals surface area contributed by atoms with E-state index in [0.717, 1.165) is 0 Å². The van der Waals surface area contributed by atoms with Crippen LogP contribution in [0.2, 0.25) is 0 Å². The molecule has 4 atom stereocenters. The zero-order valence-electron chi connectivity index (χ0n) is 7.08. The minimum Gasteiger partial charge on any atom is -0.394 e. The van der Waals surface area contributed by atoms with Crippen LogP contribution < -0.4 is 0 Å². The number of aliphatic hydroxyl groups is 3. The molecular formula is C7H12O6. The lowest BCUT2D eigenvalue weighted by molar-refractivity contribution is -0.247. The third-order valence-electron chi connectivity index (χ3n) is 1.91. The van der Waals surface area contributed by atoms with Crippen molar-refractivity contribution in [2.45, 2.75) is 24.6 Å². The quantitative estimate of drug-likeness (QED) is 0.453. The van der Waals surface area contributed by atoms with Gasteiger partial charge in [-0.1, -0.05) is 0 Å². The molecule has 1 saturated heterocycles. The number of Topliss-reactive ketones (excluding diaryl/α,β-unsaturated/α-hetero) is 1. The van der Waals surface area contributed by atoms with Crippen molar-refractivity contribution in [3.63, 3.8) is 0 Å². The first-order valence-corrected chi connectivity index (χ1v) is 3.80. The van der Waals surface area contributed by atoms with Gasteiger partial charge in [-0.2, -0.15) is 0 Å². The van der Waals surface area contributed by atoms with Gasteiger partial charge in [-0.25, -0.2) is 0 Å². The summed E-state index contributed by atoms with van der Waals surface area (Å²) in [7, 11) is 1.26. The van der Waals surface area contributed by atoms with E-state index in [0.29, 0.717) is 0 Å². The van der Waals surface area contributed by atoms with Crippen molar-refractivity contribution >= 4 is 5.78 Å². The number of hydrogen-bond donors (Lipinski definition) is 3. The van der Waals surface area contributed by atoms with Crippen LogP contribution in [0.25, 0.3) is 0 Å². The van der Waals surface area contributed by atoms with E-state index in [-0.39, 0.29) is 0 Å². The molecule has 0 aromatic carbocycles. The molecule has 1 fully saturated rings. The molecule has 1 rings (SSSR count). The van der Waals surface area contributed by atoms with Gasteiger partial charge in [0.1, 0.15) is 12.2 Å². The lowest BCUT2D eigenvalue weighted by Crippen LogP contribution is -2.56. The molecule has 1 aliphatic heterocycles. The largest absolute Gasteiger partial charge is 0.394 e. The van der Waals surface area contributed by atoms with Crippen LogP contribution in [0.1, 0.15) is 0 Å². The summed E-state index contributed by atoms with van der Waals surface area (Å²) in [6, 6.07) is 0. The number of methoxy groups -OCH3 is 1. The number of ether oxygens (including phenoxy) is 2. The molecular weight excluding hydrogens is 180 g/mol. The molecule has 76 valence electrons. The molecule has 0 aliphatic carbocycles. The van der Waals surface area contributed by atoms with Crippen LogP contribution in [-0.4, -0.2) is 59.4 Å². The maximum atomic E-state index is 11.1. The van der Waals surface area contributed by atoms with E-state index in [1.165, 1.54) is 7.11 Å². The molecule has 0 aromatic heterocycles. The predicted octanol–water partition coefficient (Wildman–Crippen LogP) is -2.36. The summed E-state index contributed by atoms with van der Waals surface area (Å²) in [5.41, 5.74) is 0. The van der Waals surface area contributed by atoms with Crippen molar-refractivity contribution in [2.75, 3.05) is 13.7 Å². The van der Waals surface area contributed by atoms with Crippen LogP contribution >= 0.6 is 0 Å². The SMILES string of the molecule is COC1OC(CO)[C@@H](O)C(=O)[C@@H]1O. The van der Waals surface area contributed by atoms with Gasteiger partial charge in [0.05, 0.1) is 6.61 Å². The molecule has 6 nitrogen and oxygen atoms in total. The minimum absolute atomic E-state index is 0.501. The van der Waals surface area contributed by atoms with Gasteiger partial charge >= 0.3 is 0 Å². The summed E-state index contributed by atoms with van der Waals surface area (Å²) >= 11 is 0. The Labute approximate surface area is 74.7 Å². The normalized spacial score (nSPS) is 40.8. The van der Waals surface area contributed by atoms with Gasteiger partial charge in [-0.05, 0) is 0 Å². The second kappa shape index (κ2) is 4.12. The summed E-state index contributed by atoms with van der Waals surface area (Å²) in [4.78, 5) is 11.1. The van der Waals surface area contributed by atoms with Gasteiger partial charge in [0.2, 0.25) is 0 Å². The lowest BCUT2D eigenvalue weighted by atomic mass is 10.0. The van der Waals surface area contributed by atoms with Crippen molar-refractivity contribution < 1.29 is 29.6 Å². The number of carbonyl (C=O) groups excluding carboxylic acids is 1. The van der Waals surface area contributed by atoms with E-state index in [1.54, 1.807) is 0 Å². The zero-order chi connectivity index (χ0) is 10.0. The molecule has 0 spiro atoms. The molecule has 0 bridgehead atoms. The monoisotopic (exact) mass is 192 g/mol. The summed E-state index contributed by atoms with van der Waals surface area (Å²) in [6.45, 7) is -0.501. The lowest BCUT2D eigenvalue weighted by Gasteiger charge is -2.34. The van der Waals surface area contributed by atoms with Crippen molar-refractivity contribution in [3.8, 4) is 0 Å². The van der Waals surface area contributed by atoms with Crippen LogP contribution in [0.15, 0.2) is 0 Å². The summed E-state index contributed by atoms with van der Waals surface area (Å²) in [6.07, 6.45) is -5.14. The first-order valence-electron chi connectivity index (χ1n) is 3.80. The Balaban J connectivity index is 2.72. The van der Waals surface area contributed by atoms with E-state index in [1.807, 2.05) is 0 Å². The summed E-state index contributed by atoms with van der Waals surface area (Å²) in [5.74, 6) is -0.794. The Morgan fingerprint density at radius 1 is 1.46 bits per heavy atom. The molecule has 1 aliphatic rings. The smallest absolute Gasteiger partial charge is 0.197 e. The first-order chi connectivity index (χ1) is 6.11. The molecule has 1 heterocycles. The van der Waals surface area contributed by atoms with Gasteiger partial charge in [-0.3, -0.25) is 4.79 Å². The number of ketones is 1. The van der Waals surface area contributed by atoms with E-state index in [9.17, 15) is 15.0 Å². The molecule has 2 unspecified atom stereocenters. The number of hydrogen-bond acceptors (Lipinski definition) is 6. The van der Waals surface area contributed by atoms with Crippen LogP contribution in [0.5, 0.6) is 0 Å². The van der Waals surface area contributed by atoms with E-state index >= 15 is 0 Å². The highest BCUT2D eigenvalue weighted by Gasteiger charge is 2.43. The Hall–Kier alpha value is -0.530. The number of carbonyl (C=O) groups is 1. The third kappa shape index (κ3) is 1.87. The highest BCUT2D eigenvalue weighted by Crippen LogP contribution is 2.17. The fourth-order valence-electron chi connectivity index (χ4n) is 1.14. The maximum Gasteiger partial charge on any atom is 0.197 e. The average molecular weight is 192 g/mol. The third-order valence-corrected chi connectivity index (χ3v) is 1.91. The maximum absolute atomic E-state index is 11.1. The van der Waals surface area contributed by atoms with Gasteiger partial charge in [0, 0.05) is 7.11 Å². The van der Waals surface area contributed by atoms with Gasteiger partial charge < -0.3 is 24.8 Å². The van der Waals surface area contributed by atoms with Crippen LogP contribution in [0.4, 0.5) is 0 Å². The van der Waals surface area contributed by atoms with Crippen molar-refractivity contribution in [1.82, 2.24) is 0 Å². The van der Waals surface area contributed by atoms with Gasteiger partial charge in [-0.15, -0.1) is 0 Å². The van der Waals surface area contributed by atoms with E-state index < -0.39 is 37.0 Å². The van der Waals surface area contributed by atoms with Crippen molar-refractivity contribution in [2.24, 2.45) is 0 Å². The average Bonchev–Trinajstić information content (AvgIpc) is 2.15. The Bertz CT molecular complexity index is 175. The topological polar surface area (TPSA) is 96.2 Å². The van der Waals surface area contributed by atoms with Gasteiger partial charge in [0.15, 0.2) is 18.2 Å². The molecule has 0 amide bonds. The Kier molecular flexibility index (Phi) is 3.34. The number of aliphatic hydroxyl groups excluding tert-OH is 3. The zero-order valence-corrected chi connectivity index (χ0v) is 7.08. The first kappa shape index (κ1) is 10.6. The molecule has 0 radical (unpaired) electrons. The van der Waals surface area contributed by atoms with E-state index in [2.05, 4.69) is 4.74 Å². The standard InChI is InChI=1S/C7H12O6/c1-12-7-6(11)5(10)4(9)3(2-8)13-7/h3-4,6-9,11H,2H2,1H3/t3?,4-,6+,7?/m1/s1. The molecule has 0 saturated carbocycles. The summed E-state index contributed by atoms with van der Waals surface area (Å²) < 4.78 is 9.53. The Morgan fingerprint density at radius 3 is 2.54 bits per heavy atom. The van der Waals surface area contributed by atoms with Gasteiger partial charge in [0.25, 0.3) is 0 Å². The van der Waals surface area contributed by atoms with Crippen LogP contribution in [-0.2, 0) is 14.3 Å². The fourth-order valence-corrected chi connectivity index (χ4v) is 1.14. The van der Waals surface area contributed by atoms with Crippen molar-refractivity contribution in [3.05, 3.63) is 0 Å². The van der Waals surface area contributed by atoms with E-state index in [4.69, 9.17) is 9.84 Å².